The smallest absolute Gasteiger partial charge is 0.122 e. The van der Waals surface area contributed by atoms with Crippen LogP contribution in [0.15, 0.2) is 24.3 Å². The third kappa shape index (κ3) is 3.01. The Balaban J connectivity index is 1.67. The molecule has 20 heavy (non-hydrogen) atoms. The molecule has 0 spiro atoms. The summed E-state index contributed by atoms with van der Waals surface area (Å²) in [6.07, 6.45) is 7.03. The van der Waals surface area contributed by atoms with Crippen LogP contribution in [-0.4, -0.2) is 19.7 Å². The van der Waals surface area contributed by atoms with Gasteiger partial charge < -0.3 is 10.1 Å². The molecule has 1 aromatic carbocycles. The molecular weight excluding hydrogens is 246 g/mol. The quantitative estimate of drug-likeness (QED) is 0.847. The highest BCUT2D eigenvalue weighted by Gasteiger charge is 2.31. The number of rotatable bonds is 6. The highest BCUT2D eigenvalue weighted by Crippen LogP contribution is 2.41. The molecular formula is C18H27NO. The summed E-state index contributed by atoms with van der Waals surface area (Å²) in [5, 5.41) is 3.58. The number of hydrogen-bond acceptors (Lipinski definition) is 2. The minimum absolute atomic E-state index is 0.607. The zero-order chi connectivity index (χ0) is 13.8. The number of hydrogen-bond donors (Lipinski definition) is 1. The van der Waals surface area contributed by atoms with Gasteiger partial charge in [-0.3, -0.25) is 0 Å². The zero-order valence-electron chi connectivity index (χ0n) is 12.6. The minimum Gasteiger partial charge on any atom is -0.493 e. The van der Waals surface area contributed by atoms with Gasteiger partial charge in [0.25, 0.3) is 0 Å². The lowest BCUT2D eigenvalue weighted by molar-refractivity contribution is 0.257. The van der Waals surface area contributed by atoms with Crippen molar-refractivity contribution in [2.24, 2.45) is 11.8 Å². The molecule has 2 heteroatoms. The zero-order valence-corrected chi connectivity index (χ0v) is 12.6. The number of benzene rings is 1. The summed E-state index contributed by atoms with van der Waals surface area (Å²) in [7, 11) is 0. The topological polar surface area (TPSA) is 21.3 Å². The molecule has 1 aromatic rings. The van der Waals surface area contributed by atoms with Gasteiger partial charge in [-0.1, -0.05) is 50.8 Å². The van der Waals surface area contributed by atoms with Gasteiger partial charge in [0.1, 0.15) is 5.75 Å². The molecule has 1 N–H and O–H groups in total. The molecule has 2 aliphatic rings. The fourth-order valence-electron chi connectivity index (χ4n) is 3.99. The molecule has 1 aliphatic heterocycles. The van der Waals surface area contributed by atoms with Gasteiger partial charge in [0.2, 0.25) is 0 Å². The Kier molecular flexibility index (Phi) is 4.62. The summed E-state index contributed by atoms with van der Waals surface area (Å²) in [6, 6.07) is 8.60. The summed E-state index contributed by atoms with van der Waals surface area (Å²) < 4.78 is 5.86. The van der Waals surface area contributed by atoms with E-state index in [1.54, 1.807) is 0 Å². The second-order valence-electron chi connectivity index (χ2n) is 6.39. The van der Waals surface area contributed by atoms with E-state index in [0.29, 0.717) is 5.92 Å². The second kappa shape index (κ2) is 6.62. The van der Waals surface area contributed by atoms with Crippen molar-refractivity contribution in [1.29, 1.82) is 0 Å². The van der Waals surface area contributed by atoms with Gasteiger partial charge in [0, 0.05) is 11.5 Å². The molecule has 110 valence electrons. The summed E-state index contributed by atoms with van der Waals surface area (Å²) >= 11 is 0. The molecule has 2 nitrogen and oxygen atoms in total. The van der Waals surface area contributed by atoms with E-state index in [2.05, 4.69) is 36.5 Å². The third-order valence-electron chi connectivity index (χ3n) is 5.11. The Morgan fingerprint density at radius 1 is 1.25 bits per heavy atom. The fraction of sp³-hybridized carbons (Fsp3) is 0.667. The Morgan fingerprint density at radius 3 is 2.85 bits per heavy atom. The lowest BCUT2D eigenvalue weighted by Gasteiger charge is -2.26. The Bertz CT molecular complexity index is 425. The number of nitrogens with one attached hydrogen (secondary N) is 1. The van der Waals surface area contributed by atoms with Crippen molar-refractivity contribution < 1.29 is 4.74 Å². The molecule has 0 radical (unpaired) electrons. The molecule has 0 bridgehead atoms. The Hall–Kier alpha value is -1.02. The molecule has 2 atom stereocenters. The van der Waals surface area contributed by atoms with Crippen LogP contribution in [0.2, 0.25) is 0 Å². The Labute approximate surface area is 122 Å². The molecule has 1 heterocycles. The third-order valence-corrected chi connectivity index (χ3v) is 5.11. The molecule has 0 amide bonds. The second-order valence-corrected chi connectivity index (χ2v) is 6.39. The lowest BCUT2D eigenvalue weighted by atomic mass is 9.81. The highest BCUT2D eigenvalue weighted by molar-refractivity contribution is 5.39. The standard InChI is InChI=1S/C18H27NO/c1-2-19-12-15(14-7-3-4-8-14)11-16-13-20-18-10-6-5-9-17(16)18/h5-6,9-10,14-16,19H,2-4,7-8,11-13H2,1H3. The van der Waals surface area contributed by atoms with E-state index in [4.69, 9.17) is 4.74 Å². The van der Waals surface area contributed by atoms with Crippen LogP contribution < -0.4 is 10.1 Å². The van der Waals surface area contributed by atoms with Crippen molar-refractivity contribution in [2.75, 3.05) is 19.7 Å². The average Bonchev–Trinajstić information content (AvgIpc) is 3.13. The van der Waals surface area contributed by atoms with Crippen LogP contribution in [0.25, 0.3) is 0 Å². The van der Waals surface area contributed by atoms with Crippen LogP contribution in [0.1, 0.15) is 50.5 Å². The minimum atomic E-state index is 0.607. The first kappa shape index (κ1) is 13.9. The van der Waals surface area contributed by atoms with E-state index in [1.165, 1.54) is 44.2 Å². The van der Waals surface area contributed by atoms with Gasteiger partial charge in [-0.05, 0) is 37.4 Å². The molecule has 1 aliphatic carbocycles. The van der Waals surface area contributed by atoms with E-state index in [1.807, 2.05) is 0 Å². The van der Waals surface area contributed by atoms with Crippen LogP contribution in [0, 0.1) is 11.8 Å². The fourth-order valence-corrected chi connectivity index (χ4v) is 3.99. The van der Waals surface area contributed by atoms with Crippen molar-refractivity contribution in [3.05, 3.63) is 29.8 Å². The predicted octanol–water partition coefficient (Wildman–Crippen LogP) is 3.97. The molecule has 0 saturated heterocycles. The van der Waals surface area contributed by atoms with Gasteiger partial charge >= 0.3 is 0 Å². The van der Waals surface area contributed by atoms with Gasteiger partial charge in [-0.2, -0.15) is 0 Å². The molecule has 1 fully saturated rings. The van der Waals surface area contributed by atoms with E-state index >= 15 is 0 Å². The van der Waals surface area contributed by atoms with Crippen molar-refractivity contribution >= 4 is 0 Å². The first-order valence-electron chi connectivity index (χ1n) is 8.31. The number of fused-ring (bicyclic) bond motifs is 1. The molecule has 0 aromatic heterocycles. The van der Waals surface area contributed by atoms with Crippen LogP contribution in [-0.2, 0) is 0 Å². The van der Waals surface area contributed by atoms with E-state index < -0.39 is 0 Å². The summed E-state index contributed by atoms with van der Waals surface area (Å²) in [6.45, 7) is 5.36. The van der Waals surface area contributed by atoms with Gasteiger partial charge in [0.05, 0.1) is 6.61 Å². The SMILES string of the molecule is CCNCC(CC1COc2ccccc21)C1CCCC1. The van der Waals surface area contributed by atoms with Crippen molar-refractivity contribution in [2.45, 2.75) is 44.9 Å². The summed E-state index contributed by atoms with van der Waals surface area (Å²) in [5.41, 5.74) is 1.44. The Morgan fingerprint density at radius 2 is 2.05 bits per heavy atom. The van der Waals surface area contributed by atoms with Crippen molar-refractivity contribution in [3.63, 3.8) is 0 Å². The van der Waals surface area contributed by atoms with Crippen molar-refractivity contribution in [3.8, 4) is 5.75 Å². The summed E-state index contributed by atoms with van der Waals surface area (Å²) in [5.74, 6) is 3.47. The molecule has 1 saturated carbocycles. The van der Waals surface area contributed by atoms with Crippen LogP contribution in [0.3, 0.4) is 0 Å². The van der Waals surface area contributed by atoms with Gasteiger partial charge in [-0.25, -0.2) is 0 Å². The monoisotopic (exact) mass is 273 g/mol. The van der Waals surface area contributed by atoms with Crippen LogP contribution >= 0.6 is 0 Å². The maximum atomic E-state index is 5.86. The molecule has 3 rings (SSSR count). The van der Waals surface area contributed by atoms with Crippen molar-refractivity contribution in [1.82, 2.24) is 5.32 Å². The van der Waals surface area contributed by atoms with E-state index in [9.17, 15) is 0 Å². The lowest BCUT2D eigenvalue weighted by Crippen LogP contribution is -2.29. The number of ether oxygens (including phenoxy) is 1. The largest absolute Gasteiger partial charge is 0.493 e. The van der Waals surface area contributed by atoms with E-state index in [-0.39, 0.29) is 0 Å². The maximum absolute atomic E-state index is 5.86. The van der Waals surface area contributed by atoms with E-state index in [0.717, 1.165) is 30.7 Å². The van der Waals surface area contributed by atoms with Crippen LogP contribution in [0.4, 0.5) is 0 Å². The first-order chi connectivity index (χ1) is 9.88. The normalized spacial score (nSPS) is 23.6. The van der Waals surface area contributed by atoms with Crippen LogP contribution in [0.5, 0.6) is 5.75 Å². The number of para-hydroxylation sites is 1. The van der Waals surface area contributed by atoms with Gasteiger partial charge in [0.15, 0.2) is 0 Å². The highest BCUT2D eigenvalue weighted by atomic mass is 16.5. The maximum Gasteiger partial charge on any atom is 0.122 e. The summed E-state index contributed by atoms with van der Waals surface area (Å²) in [4.78, 5) is 0. The first-order valence-corrected chi connectivity index (χ1v) is 8.31. The molecule has 2 unspecified atom stereocenters. The predicted molar refractivity (Wildman–Crippen MR) is 83.3 cm³/mol. The average molecular weight is 273 g/mol. The van der Waals surface area contributed by atoms with Gasteiger partial charge in [-0.15, -0.1) is 0 Å².